The fourth-order valence-electron chi connectivity index (χ4n) is 2.54. The van der Waals surface area contributed by atoms with E-state index in [-0.39, 0.29) is 6.61 Å². The molecule has 0 atom stereocenters. The number of hydrogen-bond acceptors (Lipinski definition) is 2. The summed E-state index contributed by atoms with van der Waals surface area (Å²) in [6.45, 7) is 0.976. The first-order chi connectivity index (χ1) is 11.2. The van der Waals surface area contributed by atoms with Crippen LogP contribution >= 0.6 is 0 Å². The van der Waals surface area contributed by atoms with Crippen molar-refractivity contribution in [3.05, 3.63) is 65.9 Å². The smallest absolute Gasteiger partial charge is 0.159 e. The Morgan fingerprint density at radius 3 is 2.65 bits per heavy atom. The topological polar surface area (TPSA) is 34.4 Å². The zero-order chi connectivity index (χ0) is 16.2. The van der Waals surface area contributed by atoms with Gasteiger partial charge in [-0.3, -0.25) is 0 Å². The Labute approximate surface area is 132 Å². The molecule has 23 heavy (non-hydrogen) atoms. The average molecular weight is 317 g/mol. The molecule has 0 spiro atoms. The number of aliphatic hydroxyl groups is 1. The Hall–Kier alpha value is -2.40. The van der Waals surface area contributed by atoms with Gasteiger partial charge in [0.05, 0.1) is 18.7 Å². The predicted molar refractivity (Wildman–Crippen MR) is 84.6 cm³/mol. The lowest BCUT2D eigenvalue weighted by molar-refractivity contribution is 0.278. The first kappa shape index (κ1) is 15.5. The monoisotopic (exact) mass is 317 g/mol. The third kappa shape index (κ3) is 3.51. The first-order valence-electron chi connectivity index (χ1n) is 7.44. The van der Waals surface area contributed by atoms with Crippen LogP contribution in [-0.2, 0) is 13.0 Å². The van der Waals surface area contributed by atoms with E-state index < -0.39 is 11.6 Å². The van der Waals surface area contributed by atoms with Crippen molar-refractivity contribution >= 4 is 10.9 Å². The van der Waals surface area contributed by atoms with Crippen molar-refractivity contribution in [2.45, 2.75) is 13.0 Å². The normalized spacial score (nSPS) is 11.1. The second kappa shape index (κ2) is 6.79. The number of aliphatic hydroxyl groups excluding tert-OH is 1. The van der Waals surface area contributed by atoms with Gasteiger partial charge in [0.15, 0.2) is 11.6 Å². The lowest BCUT2D eigenvalue weighted by Gasteiger charge is -2.08. The van der Waals surface area contributed by atoms with E-state index >= 15 is 0 Å². The lowest BCUT2D eigenvalue weighted by atomic mass is 10.1. The highest BCUT2D eigenvalue weighted by Crippen LogP contribution is 2.22. The van der Waals surface area contributed by atoms with Crippen molar-refractivity contribution in [3.8, 4) is 5.75 Å². The Bertz CT molecular complexity index is 814. The summed E-state index contributed by atoms with van der Waals surface area (Å²) in [5.41, 5.74) is 1.68. The number of fused-ring (bicyclic) bond motifs is 1. The first-order valence-corrected chi connectivity index (χ1v) is 7.44. The number of ether oxygens (including phenoxy) is 1. The molecular formula is C18H17F2NO2. The molecule has 0 saturated heterocycles. The number of hydrogen-bond donors (Lipinski definition) is 1. The quantitative estimate of drug-likeness (QED) is 0.755. The van der Waals surface area contributed by atoms with E-state index in [0.29, 0.717) is 30.9 Å². The summed E-state index contributed by atoms with van der Waals surface area (Å²) < 4.78 is 33.7. The molecule has 0 saturated carbocycles. The maximum atomic E-state index is 13.1. The number of benzene rings is 2. The highest BCUT2D eigenvalue weighted by atomic mass is 19.2. The van der Waals surface area contributed by atoms with E-state index in [2.05, 4.69) is 0 Å². The second-order valence-electron chi connectivity index (χ2n) is 5.30. The lowest BCUT2D eigenvalue weighted by Crippen LogP contribution is -2.03. The summed E-state index contributed by atoms with van der Waals surface area (Å²) in [4.78, 5) is 0. The van der Waals surface area contributed by atoms with Gasteiger partial charge in [0, 0.05) is 25.2 Å². The Morgan fingerprint density at radius 2 is 1.87 bits per heavy atom. The van der Waals surface area contributed by atoms with Gasteiger partial charge >= 0.3 is 0 Å². The third-order valence-electron chi connectivity index (χ3n) is 3.73. The van der Waals surface area contributed by atoms with E-state index in [4.69, 9.17) is 9.84 Å². The van der Waals surface area contributed by atoms with E-state index in [9.17, 15) is 8.78 Å². The summed E-state index contributed by atoms with van der Waals surface area (Å²) in [6.07, 6.45) is 2.42. The SMILES string of the molecule is OCCn1ccc2ccc(OCCc3ccc(F)c(F)c3)cc21. The van der Waals surface area contributed by atoms with E-state index in [1.807, 2.05) is 35.0 Å². The Morgan fingerprint density at radius 1 is 1.00 bits per heavy atom. The van der Waals surface area contributed by atoms with Gasteiger partial charge in [0.1, 0.15) is 5.75 Å². The minimum Gasteiger partial charge on any atom is -0.493 e. The largest absolute Gasteiger partial charge is 0.493 e. The zero-order valence-corrected chi connectivity index (χ0v) is 12.5. The van der Waals surface area contributed by atoms with Gasteiger partial charge in [-0.25, -0.2) is 8.78 Å². The highest BCUT2D eigenvalue weighted by molar-refractivity contribution is 5.81. The average Bonchev–Trinajstić information content (AvgIpc) is 2.94. The zero-order valence-electron chi connectivity index (χ0n) is 12.5. The molecule has 0 radical (unpaired) electrons. The highest BCUT2D eigenvalue weighted by Gasteiger charge is 2.05. The van der Waals surface area contributed by atoms with Crippen LogP contribution in [0.5, 0.6) is 5.75 Å². The Balaban J connectivity index is 1.66. The predicted octanol–water partition coefficient (Wildman–Crippen LogP) is 3.53. The van der Waals surface area contributed by atoms with Crippen LogP contribution in [0.2, 0.25) is 0 Å². The van der Waals surface area contributed by atoms with Gasteiger partial charge in [0.2, 0.25) is 0 Å². The van der Waals surface area contributed by atoms with Crippen LogP contribution in [0.3, 0.4) is 0 Å². The molecule has 0 bridgehead atoms. The van der Waals surface area contributed by atoms with Crippen LogP contribution < -0.4 is 4.74 Å². The molecule has 0 fully saturated rings. The molecule has 3 rings (SSSR count). The minimum atomic E-state index is -0.843. The maximum absolute atomic E-state index is 13.1. The van der Waals surface area contributed by atoms with Crippen molar-refractivity contribution in [1.82, 2.24) is 4.57 Å². The van der Waals surface area contributed by atoms with Gasteiger partial charge in [0.25, 0.3) is 0 Å². The van der Waals surface area contributed by atoms with Crippen molar-refractivity contribution < 1.29 is 18.6 Å². The molecule has 0 amide bonds. The standard InChI is InChI=1S/C18H17F2NO2/c19-16-4-1-13(11-17(16)20)6-10-23-15-3-2-14-5-7-21(8-9-22)18(14)12-15/h1-5,7,11-12,22H,6,8-10H2. The molecule has 5 heteroatoms. The van der Waals surface area contributed by atoms with Gasteiger partial charge in [-0.1, -0.05) is 6.07 Å². The molecule has 0 unspecified atom stereocenters. The molecule has 0 aliphatic heterocycles. The molecular weight excluding hydrogens is 300 g/mol. The van der Waals surface area contributed by atoms with Crippen LogP contribution in [0, 0.1) is 11.6 Å². The van der Waals surface area contributed by atoms with Crippen LogP contribution in [0.15, 0.2) is 48.7 Å². The molecule has 3 nitrogen and oxygen atoms in total. The van der Waals surface area contributed by atoms with Crippen LogP contribution in [-0.4, -0.2) is 22.9 Å². The van der Waals surface area contributed by atoms with E-state index in [1.54, 1.807) is 6.07 Å². The fraction of sp³-hybridized carbons (Fsp3) is 0.222. The van der Waals surface area contributed by atoms with E-state index in [0.717, 1.165) is 17.0 Å². The van der Waals surface area contributed by atoms with Crippen LogP contribution in [0.4, 0.5) is 8.78 Å². The number of halogens is 2. The van der Waals surface area contributed by atoms with Crippen molar-refractivity contribution in [2.24, 2.45) is 0 Å². The van der Waals surface area contributed by atoms with Gasteiger partial charge in [-0.05, 0) is 41.3 Å². The van der Waals surface area contributed by atoms with Crippen molar-refractivity contribution in [1.29, 1.82) is 0 Å². The van der Waals surface area contributed by atoms with E-state index in [1.165, 1.54) is 6.07 Å². The summed E-state index contributed by atoms with van der Waals surface area (Å²) in [5, 5.41) is 10.1. The molecule has 0 aliphatic rings. The fourth-order valence-corrected chi connectivity index (χ4v) is 2.54. The van der Waals surface area contributed by atoms with Crippen LogP contribution in [0.25, 0.3) is 10.9 Å². The number of aromatic nitrogens is 1. The molecule has 3 aromatic rings. The van der Waals surface area contributed by atoms with Crippen molar-refractivity contribution in [2.75, 3.05) is 13.2 Å². The third-order valence-corrected chi connectivity index (χ3v) is 3.73. The summed E-state index contributed by atoms with van der Waals surface area (Å²) in [7, 11) is 0. The molecule has 2 aromatic carbocycles. The minimum absolute atomic E-state index is 0.0744. The molecule has 1 aromatic heterocycles. The Kier molecular flexibility index (Phi) is 4.57. The summed E-state index contributed by atoms with van der Waals surface area (Å²) in [6, 6.07) is 11.6. The maximum Gasteiger partial charge on any atom is 0.159 e. The van der Waals surface area contributed by atoms with Gasteiger partial charge in [-0.15, -0.1) is 0 Å². The van der Waals surface area contributed by atoms with Gasteiger partial charge < -0.3 is 14.4 Å². The summed E-state index contributed by atoms with van der Waals surface area (Å²) >= 11 is 0. The van der Waals surface area contributed by atoms with Crippen molar-refractivity contribution in [3.63, 3.8) is 0 Å². The molecule has 120 valence electrons. The number of rotatable bonds is 6. The second-order valence-corrected chi connectivity index (χ2v) is 5.30. The number of nitrogens with zero attached hydrogens (tertiary/aromatic N) is 1. The van der Waals surface area contributed by atoms with Crippen LogP contribution in [0.1, 0.15) is 5.56 Å². The molecule has 1 heterocycles. The van der Waals surface area contributed by atoms with Gasteiger partial charge in [-0.2, -0.15) is 0 Å². The molecule has 0 aliphatic carbocycles. The molecule has 1 N–H and O–H groups in total. The summed E-state index contributed by atoms with van der Waals surface area (Å²) in [5.74, 6) is -0.978.